The minimum absolute atomic E-state index is 0.190. The van der Waals surface area contributed by atoms with E-state index < -0.39 is 0 Å². The van der Waals surface area contributed by atoms with E-state index in [0.29, 0.717) is 18.5 Å². The Kier molecular flexibility index (Phi) is 3.20. The van der Waals surface area contributed by atoms with Gasteiger partial charge in [0.1, 0.15) is 5.82 Å². The molecule has 1 atom stereocenters. The summed E-state index contributed by atoms with van der Waals surface area (Å²) in [5.41, 5.74) is 7.89. The number of nitrogens with zero attached hydrogens (tertiary/aromatic N) is 1. The molecule has 2 rings (SSSR count). The summed E-state index contributed by atoms with van der Waals surface area (Å²) in [6, 6.07) is 5.28. The van der Waals surface area contributed by atoms with Crippen LogP contribution in [0.2, 0.25) is 0 Å². The zero-order valence-electron chi connectivity index (χ0n) is 10.6. The second-order valence-corrected chi connectivity index (χ2v) is 4.88. The van der Waals surface area contributed by atoms with Crippen LogP contribution in [-0.2, 0) is 0 Å². The molecule has 0 aliphatic heterocycles. The van der Waals surface area contributed by atoms with Gasteiger partial charge >= 0.3 is 0 Å². The number of hydrogen-bond acceptors (Lipinski definition) is 1. The molecule has 0 radical (unpaired) electrons. The highest BCUT2D eigenvalue weighted by atomic mass is 19.1. The van der Waals surface area contributed by atoms with Crippen LogP contribution in [0.25, 0.3) is 10.9 Å². The first kappa shape index (κ1) is 12.1. The highest BCUT2D eigenvalue weighted by Crippen LogP contribution is 2.30. The van der Waals surface area contributed by atoms with Gasteiger partial charge in [0, 0.05) is 17.6 Å². The Hall–Kier alpha value is -1.35. The van der Waals surface area contributed by atoms with Gasteiger partial charge < -0.3 is 10.3 Å². The van der Waals surface area contributed by atoms with E-state index in [4.69, 9.17) is 5.73 Å². The molecule has 2 N–H and O–H groups in total. The van der Waals surface area contributed by atoms with E-state index in [9.17, 15) is 4.39 Å². The maximum atomic E-state index is 13.3. The Morgan fingerprint density at radius 3 is 2.59 bits per heavy atom. The van der Waals surface area contributed by atoms with E-state index in [0.717, 1.165) is 10.9 Å². The van der Waals surface area contributed by atoms with Crippen molar-refractivity contribution in [3.05, 3.63) is 35.8 Å². The number of hydrogen-bond donors (Lipinski definition) is 1. The zero-order valence-corrected chi connectivity index (χ0v) is 10.6. The summed E-state index contributed by atoms with van der Waals surface area (Å²) in [4.78, 5) is 0. The number of nitrogens with two attached hydrogens (primary N) is 1. The van der Waals surface area contributed by atoms with Crippen LogP contribution in [0.15, 0.2) is 24.4 Å². The molecular formula is C14H19FN2. The van der Waals surface area contributed by atoms with Crippen molar-refractivity contribution in [1.82, 2.24) is 4.57 Å². The van der Waals surface area contributed by atoms with Crippen molar-refractivity contribution in [3.8, 4) is 0 Å². The van der Waals surface area contributed by atoms with Gasteiger partial charge in [-0.3, -0.25) is 0 Å². The van der Waals surface area contributed by atoms with Crippen molar-refractivity contribution in [2.75, 3.05) is 6.54 Å². The number of fused-ring (bicyclic) bond motifs is 1. The van der Waals surface area contributed by atoms with Gasteiger partial charge in [-0.05, 0) is 50.1 Å². The molecule has 0 saturated heterocycles. The van der Waals surface area contributed by atoms with Crippen molar-refractivity contribution in [3.63, 3.8) is 0 Å². The summed E-state index contributed by atoms with van der Waals surface area (Å²) in [6.45, 7) is 6.90. The first-order chi connectivity index (χ1) is 8.04. The van der Waals surface area contributed by atoms with Crippen LogP contribution < -0.4 is 5.73 Å². The van der Waals surface area contributed by atoms with Crippen molar-refractivity contribution in [1.29, 1.82) is 0 Å². The maximum absolute atomic E-state index is 13.3. The van der Waals surface area contributed by atoms with Crippen LogP contribution in [0.5, 0.6) is 0 Å². The number of benzene rings is 1. The van der Waals surface area contributed by atoms with Crippen LogP contribution >= 0.6 is 0 Å². The maximum Gasteiger partial charge on any atom is 0.125 e. The van der Waals surface area contributed by atoms with Crippen LogP contribution in [-0.4, -0.2) is 11.1 Å². The minimum atomic E-state index is -0.190. The molecule has 92 valence electrons. The van der Waals surface area contributed by atoms with Gasteiger partial charge in [-0.2, -0.15) is 0 Å². The molecule has 0 bridgehead atoms. The summed E-state index contributed by atoms with van der Waals surface area (Å²) in [5.74, 6) is 0.104. The third-order valence-corrected chi connectivity index (χ3v) is 3.27. The first-order valence-corrected chi connectivity index (χ1v) is 6.04. The lowest BCUT2D eigenvalue weighted by Gasteiger charge is -2.09. The van der Waals surface area contributed by atoms with E-state index in [-0.39, 0.29) is 5.82 Å². The lowest BCUT2D eigenvalue weighted by Crippen LogP contribution is -2.08. The van der Waals surface area contributed by atoms with Gasteiger partial charge in [0.15, 0.2) is 0 Å². The van der Waals surface area contributed by atoms with Gasteiger partial charge in [-0.1, -0.05) is 6.92 Å². The lowest BCUT2D eigenvalue weighted by molar-refractivity contribution is 0.609. The summed E-state index contributed by atoms with van der Waals surface area (Å²) in [7, 11) is 0. The molecular weight excluding hydrogens is 215 g/mol. The number of halogens is 1. The molecule has 1 heterocycles. The Bertz CT molecular complexity index is 528. The largest absolute Gasteiger partial charge is 0.345 e. The molecule has 3 heteroatoms. The topological polar surface area (TPSA) is 30.9 Å². The Morgan fingerprint density at radius 1 is 1.29 bits per heavy atom. The van der Waals surface area contributed by atoms with Crippen LogP contribution in [0.3, 0.4) is 0 Å². The second kappa shape index (κ2) is 4.49. The normalized spacial score (nSPS) is 13.5. The van der Waals surface area contributed by atoms with Gasteiger partial charge in [-0.15, -0.1) is 0 Å². The fourth-order valence-corrected chi connectivity index (χ4v) is 2.20. The van der Waals surface area contributed by atoms with Crippen molar-refractivity contribution < 1.29 is 4.39 Å². The van der Waals surface area contributed by atoms with Gasteiger partial charge in [-0.25, -0.2) is 4.39 Å². The van der Waals surface area contributed by atoms with E-state index in [2.05, 4.69) is 31.5 Å². The Balaban J connectivity index is 2.70. The van der Waals surface area contributed by atoms with Crippen molar-refractivity contribution in [2.45, 2.75) is 32.7 Å². The highest BCUT2D eigenvalue weighted by molar-refractivity contribution is 5.84. The molecule has 1 aromatic heterocycles. The highest BCUT2D eigenvalue weighted by Gasteiger charge is 2.14. The number of aromatic nitrogens is 1. The molecule has 0 aliphatic carbocycles. The molecule has 0 amide bonds. The monoisotopic (exact) mass is 234 g/mol. The molecule has 1 aromatic carbocycles. The van der Waals surface area contributed by atoms with Crippen LogP contribution in [0, 0.1) is 5.82 Å². The van der Waals surface area contributed by atoms with Crippen LogP contribution in [0.4, 0.5) is 4.39 Å². The minimum Gasteiger partial charge on any atom is -0.345 e. The quantitative estimate of drug-likeness (QED) is 0.866. The number of rotatable bonds is 3. The average Bonchev–Trinajstić information content (AvgIpc) is 2.66. The molecule has 0 saturated carbocycles. The zero-order chi connectivity index (χ0) is 12.6. The van der Waals surface area contributed by atoms with Gasteiger partial charge in [0.05, 0.1) is 5.52 Å². The summed E-state index contributed by atoms with van der Waals surface area (Å²) >= 11 is 0. The molecule has 0 fully saturated rings. The molecule has 17 heavy (non-hydrogen) atoms. The molecule has 1 unspecified atom stereocenters. The molecule has 2 aromatic rings. The smallest absolute Gasteiger partial charge is 0.125 e. The average molecular weight is 234 g/mol. The predicted molar refractivity (Wildman–Crippen MR) is 69.8 cm³/mol. The van der Waals surface area contributed by atoms with E-state index in [1.54, 1.807) is 6.07 Å². The summed E-state index contributed by atoms with van der Waals surface area (Å²) < 4.78 is 15.4. The van der Waals surface area contributed by atoms with Crippen LogP contribution in [0.1, 0.15) is 38.3 Å². The summed E-state index contributed by atoms with van der Waals surface area (Å²) in [5, 5.41) is 1.11. The van der Waals surface area contributed by atoms with Gasteiger partial charge in [0.25, 0.3) is 0 Å². The van der Waals surface area contributed by atoms with E-state index >= 15 is 0 Å². The predicted octanol–water partition coefficient (Wildman–Crippen LogP) is 3.42. The fourth-order valence-electron chi connectivity index (χ4n) is 2.20. The Morgan fingerprint density at radius 2 is 2.00 bits per heavy atom. The first-order valence-electron chi connectivity index (χ1n) is 6.04. The van der Waals surface area contributed by atoms with E-state index in [1.807, 2.05) is 6.07 Å². The second-order valence-electron chi connectivity index (χ2n) is 4.88. The molecule has 0 aliphatic rings. The standard InChI is InChI=1S/C14H19FN2/c1-9(2)17-8-13(10(3)7-16)12-5-4-11(15)6-14(12)17/h4-6,8-10H,7,16H2,1-3H3. The summed E-state index contributed by atoms with van der Waals surface area (Å²) in [6.07, 6.45) is 2.10. The third-order valence-electron chi connectivity index (χ3n) is 3.27. The van der Waals surface area contributed by atoms with Gasteiger partial charge in [0.2, 0.25) is 0 Å². The third kappa shape index (κ3) is 2.07. The SMILES string of the molecule is CC(CN)c1cn(C(C)C)c2cc(F)ccc12. The van der Waals surface area contributed by atoms with E-state index in [1.165, 1.54) is 11.6 Å². The molecule has 0 spiro atoms. The van der Waals surface area contributed by atoms with Crippen molar-refractivity contribution in [2.24, 2.45) is 5.73 Å². The Labute approximate surface area is 101 Å². The van der Waals surface area contributed by atoms with Crippen molar-refractivity contribution >= 4 is 10.9 Å². The molecule has 2 nitrogen and oxygen atoms in total. The fraction of sp³-hybridized carbons (Fsp3) is 0.429. The lowest BCUT2D eigenvalue weighted by atomic mass is 10.0.